The molecule has 3 atom stereocenters. The number of nitrogens with zero attached hydrogens (tertiary/aromatic N) is 1. The Morgan fingerprint density at radius 2 is 0.727 bits per heavy atom. The lowest BCUT2D eigenvalue weighted by atomic mass is 10.0. The van der Waals surface area contributed by atoms with E-state index in [0.717, 1.165) is 109 Å². The first-order valence-corrected chi connectivity index (χ1v) is 38.5. The lowest BCUT2D eigenvalue weighted by Crippen LogP contribution is -2.47. The Morgan fingerprint density at radius 3 is 1.11 bits per heavy atom. The van der Waals surface area contributed by atoms with Gasteiger partial charge in [0.2, 0.25) is 5.91 Å². The Bertz CT molecular complexity index is 1830. The second kappa shape index (κ2) is 66.8. The molecule has 0 aliphatic heterocycles. The third-order valence-corrected chi connectivity index (χ3v) is 17.2. The maximum Gasteiger partial charge on any atom is 0.306 e. The SMILES string of the molecule is CC/C=C\C/C=C\C/C=C\C/C=C\C/C=C\CCCCCCCCCCCC(=O)OC(/C=C/CCCCCCCCCCCC)C(COP(=O)([O-])OCC[N+](C)(C)C)NC(=O)CCCCCCCCCCCCCCCCC/C=C\C/C=C\CCCCC. The van der Waals surface area contributed by atoms with Crippen molar-refractivity contribution in [2.45, 2.75) is 348 Å². The first kappa shape index (κ1) is 84.9. The van der Waals surface area contributed by atoms with Gasteiger partial charge in [0.25, 0.3) is 7.82 Å². The van der Waals surface area contributed by atoms with Gasteiger partial charge in [-0.1, -0.05) is 311 Å². The Kier molecular flexibility index (Phi) is 64.5. The molecule has 0 bridgehead atoms. The third-order valence-electron chi connectivity index (χ3n) is 16.2. The number of ether oxygens (including phenoxy) is 1. The molecule has 0 fully saturated rings. The van der Waals surface area contributed by atoms with Gasteiger partial charge in [-0.15, -0.1) is 0 Å². The lowest BCUT2D eigenvalue weighted by Gasteiger charge is -2.30. The van der Waals surface area contributed by atoms with Crippen LogP contribution < -0.4 is 10.2 Å². The van der Waals surface area contributed by atoms with Crippen LogP contribution in [0.5, 0.6) is 0 Å². The summed E-state index contributed by atoms with van der Waals surface area (Å²) < 4.78 is 30.5. The summed E-state index contributed by atoms with van der Waals surface area (Å²) in [6.07, 6.45) is 91.0. The van der Waals surface area contributed by atoms with Gasteiger partial charge in [-0.05, 0) is 109 Å². The van der Waals surface area contributed by atoms with E-state index < -0.39 is 26.6 Å². The predicted molar refractivity (Wildman–Crippen MR) is 381 cm³/mol. The van der Waals surface area contributed by atoms with E-state index in [1.807, 2.05) is 33.3 Å². The summed E-state index contributed by atoms with van der Waals surface area (Å²) in [5, 5.41) is 3.05. The maximum atomic E-state index is 13.6. The van der Waals surface area contributed by atoms with Crippen molar-refractivity contribution >= 4 is 19.7 Å². The van der Waals surface area contributed by atoms with Gasteiger partial charge in [0, 0.05) is 12.8 Å². The molecule has 88 heavy (non-hydrogen) atoms. The quantitative estimate of drug-likeness (QED) is 0.0212. The Balaban J connectivity index is 5.03. The first-order valence-electron chi connectivity index (χ1n) is 37.0. The number of phosphoric ester groups is 1. The van der Waals surface area contributed by atoms with Crippen LogP contribution in [0.4, 0.5) is 0 Å². The molecule has 9 nitrogen and oxygen atoms in total. The van der Waals surface area contributed by atoms with Crippen LogP contribution in [0, 0.1) is 0 Å². The summed E-state index contributed by atoms with van der Waals surface area (Å²) in [4.78, 5) is 40.3. The molecule has 0 aromatic rings. The van der Waals surface area contributed by atoms with Crippen LogP contribution in [0.3, 0.4) is 0 Å². The Morgan fingerprint density at radius 1 is 0.409 bits per heavy atom. The number of amides is 1. The zero-order valence-electron chi connectivity index (χ0n) is 58.4. The number of carbonyl (C=O) groups excluding carboxylic acids is 2. The average Bonchev–Trinajstić information content (AvgIpc) is 3.52. The summed E-state index contributed by atoms with van der Waals surface area (Å²) >= 11 is 0. The molecule has 0 spiro atoms. The molecule has 10 heteroatoms. The van der Waals surface area contributed by atoms with Crippen LogP contribution >= 0.6 is 7.82 Å². The van der Waals surface area contributed by atoms with Crippen LogP contribution in [-0.2, 0) is 27.9 Å². The van der Waals surface area contributed by atoms with E-state index in [2.05, 4.69) is 111 Å². The van der Waals surface area contributed by atoms with Crippen LogP contribution in [0.15, 0.2) is 97.2 Å². The Hall–Kier alpha value is -3.07. The van der Waals surface area contributed by atoms with Gasteiger partial charge >= 0.3 is 5.97 Å². The fraction of sp³-hybridized carbons (Fsp3) is 0.769. The van der Waals surface area contributed by atoms with E-state index in [4.69, 9.17) is 13.8 Å². The molecule has 0 radical (unpaired) electrons. The third kappa shape index (κ3) is 67.3. The first-order chi connectivity index (χ1) is 42.9. The number of hydrogen-bond donors (Lipinski definition) is 1. The van der Waals surface area contributed by atoms with Gasteiger partial charge in [0.15, 0.2) is 0 Å². The molecule has 3 unspecified atom stereocenters. The van der Waals surface area contributed by atoms with E-state index in [0.29, 0.717) is 17.4 Å². The molecule has 0 aromatic carbocycles. The highest BCUT2D eigenvalue weighted by molar-refractivity contribution is 7.45. The van der Waals surface area contributed by atoms with Gasteiger partial charge in [-0.2, -0.15) is 0 Å². The molecule has 0 rings (SSSR count). The van der Waals surface area contributed by atoms with E-state index in [1.165, 1.54) is 193 Å². The van der Waals surface area contributed by atoms with Crippen molar-refractivity contribution in [3.8, 4) is 0 Å². The van der Waals surface area contributed by atoms with Crippen molar-refractivity contribution in [3.05, 3.63) is 97.2 Å². The molecule has 0 aliphatic carbocycles. The summed E-state index contributed by atoms with van der Waals surface area (Å²) in [7, 11) is 1.18. The fourth-order valence-corrected chi connectivity index (χ4v) is 11.3. The van der Waals surface area contributed by atoms with Crippen molar-refractivity contribution in [2.75, 3.05) is 40.9 Å². The number of likely N-dealkylation sites (N-methyl/N-ethyl adjacent to an activating group) is 1. The average molecular weight is 1250 g/mol. The summed E-state index contributed by atoms with van der Waals surface area (Å²) in [5.74, 6) is -0.541. The highest BCUT2D eigenvalue weighted by Crippen LogP contribution is 2.38. The number of esters is 1. The molecule has 0 aliphatic rings. The highest BCUT2D eigenvalue weighted by Gasteiger charge is 2.27. The molecule has 0 saturated carbocycles. The summed E-state index contributed by atoms with van der Waals surface area (Å²) in [6, 6.07) is -0.896. The molecule has 510 valence electrons. The van der Waals surface area contributed by atoms with Crippen molar-refractivity contribution in [1.29, 1.82) is 0 Å². The minimum Gasteiger partial charge on any atom is -0.756 e. The van der Waals surface area contributed by atoms with E-state index in [1.54, 1.807) is 0 Å². The molecule has 0 aromatic heterocycles. The monoisotopic (exact) mass is 1250 g/mol. The number of carbonyl (C=O) groups is 2. The van der Waals surface area contributed by atoms with Crippen molar-refractivity contribution in [2.24, 2.45) is 0 Å². The van der Waals surface area contributed by atoms with E-state index in [9.17, 15) is 19.0 Å². The molecule has 0 heterocycles. The van der Waals surface area contributed by atoms with E-state index in [-0.39, 0.29) is 24.9 Å². The van der Waals surface area contributed by atoms with Gasteiger partial charge in [0.05, 0.1) is 33.8 Å². The van der Waals surface area contributed by atoms with Crippen LogP contribution in [-0.4, -0.2) is 69.4 Å². The van der Waals surface area contributed by atoms with Crippen LogP contribution in [0.1, 0.15) is 335 Å². The topological polar surface area (TPSA) is 114 Å². The molecule has 1 amide bonds. The molecular formula is C78H141N2O7P. The zero-order valence-corrected chi connectivity index (χ0v) is 59.3. The zero-order chi connectivity index (χ0) is 64.2. The van der Waals surface area contributed by atoms with Crippen molar-refractivity contribution in [3.63, 3.8) is 0 Å². The minimum absolute atomic E-state index is 0.0259. The number of unbranched alkanes of at least 4 members (excludes halogenated alkanes) is 37. The van der Waals surface area contributed by atoms with Crippen molar-refractivity contribution < 1.29 is 37.3 Å². The number of nitrogens with one attached hydrogen (secondary N) is 1. The van der Waals surface area contributed by atoms with Gasteiger partial charge in [0.1, 0.15) is 19.3 Å². The predicted octanol–water partition coefficient (Wildman–Crippen LogP) is 23.2. The van der Waals surface area contributed by atoms with Gasteiger partial charge in [-0.25, -0.2) is 0 Å². The number of hydrogen-bond acceptors (Lipinski definition) is 7. The normalized spacial score (nSPS) is 14.0. The number of phosphoric acid groups is 1. The molecule has 1 N–H and O–H groups in total. The van der Waals surface area contributed by atoms with E-state index >= 15 is 0 Å². The molecular weight excluding hydrogens is 1110 g/mol. The maximum absolute atomic E-state index is 13.6. The second-order valence-electron chi connectivity index (χ2n) is 26.1. The minimum atomic E-state index is -4.71. The smallest absolute Gasteiger partial charge is 0.306 e. The molecule has 0 saturated heterocycles. The second-order valence-corrected chi connectivity index (χ2v) is 27.5. The summed E-state index contributed by atoms with van der Waals surface area (Å²) in [5.41, 5.74) is 0. The fourth-order valence-electron chi connectivity index (χ4n) is 10.6. The Labute approximate surface area is 545 Å². The van der Waals surface area contributed by atoms with Gasteiger partial charge in [-0.3, -0.25) is 14.2 Å². The lowest BCUT2D eigenvalue weighted by molar-refractivity contribution is -0.870. The van der Waals surface area contributed by atoms with Crippen LogP contribution in [0.25, 0.3) is 0 Å². The summed E-state index contributed by atoms with van der Waals surface area (Å²) in [6.45, 7) is 6.73. The van der Waals surface area contributed by atoms with Crippen LogP contribution in [0.2, 0.25) is 0 Å². The number of rotatable bonds is 67. The number of allylic oxidation sites excluding steroid dienone is 15. The highest BCUT2D eigenvalue weighted by atomic mass is 31.2. The largest absolute Gasteiger partial charge is 0.756 e. The number of quaternary nitrogens is 1. The van der Waals surface area contributed by atoms with Gasteiger partial charge < -0.3 is 28.5 Å². The standard InChI is InChI=1S/C78H141N2O7P/c1-7-10-13-16-19-22-25-28-30-32-34-36-38-40-42-44-46-48-50-52-55-58-61-64-67-70-77(81)79-75(74-86-88(83,84)85-73-72-80(4,5)6)76(69-66-63-60-57-54-27-24-21-18-15-12-9-3)87-78(82)71-68-65-62-59-56-53-51-49-47-45-43-41-39-37-35-33-31-29-26-23-20-17-14-11-8-2/h11,14,19-20,22-23,28-31,35,37,41,43,66,69,75-76H,7-10,12-13,15-18,21,24-27,32-34,36,38-40,42,44-65,67-68,70-74H2,1-6H3,(H-,79,81,83,84)/b14-11-,22-19-,23-20-,30-28-,31-29-,37-35-,43-41-,69-66+. The van der Waals surface area contributed by atoms with Crippen molar-refractivity contribution in [1.82, 2.24) is 5.32 Å².